The molecule has 1 heterocycles. The fourth-order valence-corrected chi connectivity index (χ4v) is 1.80. The molecule has 15 heavy (non-hydrogen) atoms. The Kier molecular flexibility index (Phi) is 2.60. The van der Waals surface area contributed by atoms with Gasteiger partial charge in [-0.05, 0) is 31.5 Å². The van der Waals surface area contributed by atoms with E-state index in [-0.39, 0.29) is 0 Å². The molecule has 0 fully saturated rings. The van der Waals surface area contributed by atoms with Gasteiger partial charge in [-0.25, -0.2) is 0 Å². The number of rotatable bonds is 3. The number of aryl methyl sites for hydroxylation is 1. The lowest BCUT2D eigenvalue weighted by Gasteiger charge is -2.00. The largest absolute Gasteiger partial charge is 0.456 e. The zero-order chi connectivity index (χ0) is 10.8. The number of hydrogen-bond acceptors (Lipinski definition) is 2. The summed E-state index contributed by atoms with van der Waals surface area (Å²) in [6.45, 7) is 6.66. The van der Waals surface area contributed by atoms with Crippen molar-refractivity contribution >= 4 is 16.5 Å². The van der Waals surface area contributed by atoms with E-state index in [2.05, 4.69) is 19.6 Å². The van der Waals surface area contributed by atoms with Gasteiger partial charge in [0.1, 0.15) is 11.3 Å². The molecule has 0 unspecified atom stereocenters. The minimum Gasteiger partial charge on any atom is -0.456 e. The molecule has 0 aliphatic rings. The van der Waals surface area contributed by atoms with E-state index >= 15 is 0 Å². The van der Waals surface area contributed by atoms with Crippen molar-refractivity contribution in [3.05, 3.63) is 42.2 Å². The zero-order valence-electron chi connectivity index (χ0n) is 8.92. The minimum atomic E-state index is 0.606. The maximum absolute atomic E-state index is 5.76. The first kappa shape index (κ1) is 9.99. The van der Waals surface area contributed by atoms with Crippen molar-refractivity contribution < 1.29 is 4.42 Å². The molecule has 0 radical (unpaired) electrons. The van der Waals surface area contributed by atoms with Crippen LogP contribution in [0.15, 0.2) is 35.3 Å². The lowest BCUT2D eigenvalue weighted by atomic mass is 10.1. The Bertz CT molecular complexity index is 496. The van der Waals surface area contributed by atoms with Crippen LogP contribution in [0.5, 0.6) is 0 Å². The molecule has 78 valence electrons. The van der Waals surface area contributed by atoms with Crippen molar-refractivity contribution in [3.63, 3.8) is 0 Å². The number of fused-ring (bicyclic) bond motifs is 1. The molecule has 0 amide bonds. The van der Waals surface area contributed by atoms with Crippen molar-refractivity contribution in [1.82, 2.24) is 0 Å². The van der Waals surface area contributed by atoms with Gasteiger partial charge < -0.3 is 10.2 Å². The van der Waals surface area contributed by atoms with Gasteiger partial charge in [0, 0.05) is 10.9 Å². The summed E-state index contributed by atoms with van der Waals surface area (Å²) >= 11 is 0. The Labute approximate surface area is 89.4 Å². The van der Waals surface area contributed by atoms with Crippen LogP contribution in [0.4, 0.5) is 0 Å². The average molecular weight is 201 g/mol. The second-order valence-corrected chi connectivity index (χ2v) is 3.69. The summed E-state index contributed by atoms with van der Waals surface area (Å²) in [5.74, 6) is 0.890. The van der Waals surface area contributed by atoms with E-state index in [1.54, 1.807) is 0 Å². The number of furan rings is 1. The Hall–Kier alpha value is -1.54. The summed E-state index contributed by atoms with van der Waals surface area (Å²) < 4.78 is 5.76. The molecule has 0 spiro atoms. The van der Waals surface area contributed by atoms with E-state index < -0.39 is 0 Å². The van der Waals surface area contributed by atoms with Crippen molar-refractivity contribution in [2.75, 3.05) is 6.54 Å². The first-order valence-electron chi connectivity index (χ1n) is 5.10. The van der Waals surface area contributed by atoms with Crippen LogP contribution in [-0.4, -0.2) is 6.54 Å². The maximum Gasteiger partial charge on any atom is 0.135 e. The highest BCUT2D eigenvalue weighted by atomic mass is 16.3. The molecule has 0 atom stereocenters. The highest BCUT2D eigenvalue weighted by Crippen LogP contribution is 2.30. The Balaban J connectivity index is 2.53. The van der Waals surface area contributed by atoms with Crippen LogP contribution in [-0.2, 0) is 0 Å². The Morgan fingerprint density at radius 3 is 2.80 bits per heavy atom. The lowest BCUT2D eigenvalue weighted by Crippen LogP contribution is -1.99. The molecule has 0 aliphatic carbocycles. The topological polar surface area (TPSA) is 39.2 Å². The molecular weight excluding hydrogens is 186 g/mol. The second-order valence-electron chi connectivity index (χ2n) is 3.69. The molecule has 1 aromatic heterocycles. The number of para-hydroxylation sites is 1. The molecule has 0 saturated heterocycles. The average Bonchev–Trinajstić information content (AvgIpc) is 2.57. The lowest BCUT2D eigenvalue weighted by molar-refractivity contribution is 0.593. The van der Waals surface area contributed by atoms with Crippen LogP contribution in [0.3, 0.4) is 0 Å². The van der Waals surface area contributed by atoms with Crippen LogP contribution in [0.2, 0.25) is 0 Å². The summed E-state index contributed by atoms with van der Waals surface area (Å²) in [5.41, 5.74) is 8.56. The van der Waals surface area contributed by atoms with Gasteiger partial charge in [0.2, 0.25) is 0 Å². The van der Waals surface area contributed by atoms with Crippen molar-refractivity contribution in [2.45, 2.75) is 13.3 Å². The summed E-state index contributed by atoms with van der Waals surface area (Å²) in [6, 6.07) is 8.02. The summed E-state index contributed by atoms with van der Waals surface area (Å²) in [6.07, 6.45) is 0.778. The molecule has 2 aromatic rings. The van der Waals surface area contributed by atoms with Gasteiger partial charge in [-0.2, -0.15) is 0 Å². The molecule has 0 saturated carbocycles. The van der Waals surface area contributed by atoms with Crippen LogP contribution in [0.1, 0.15) is 17.7 Å². The predicted octanol–water partition coefficient (Wildman–Crippen LogP) is 3.10. The van der Waals surface area contributed by atoms with Gasteiger partial charge >= 0.3 is 0 Å². The normalized spacial score (nSPS) is 10.8. The van der Waals surface area contributed by atoms with Crippen LogP contribution in [0.25, 0.3) is 16.5 Å². The fourth-order valence-electron chi connectivity index (χ4n) is 1.80. The molecule has 2 rings (SSSR count). The standard InChI is InChI=1S/C13H15NO/c1-9(7-8-14)13-10(2)11-5-3-4-6-12(11)15-13/h3-6H,1,7-8,14H2,2H3. The van der Waals surface area contributed by atoms with E-state index in [0.29, 0.717) is 6.54 Å². The van der Waals surface area contributed by atoms with E-state index in [0.717, 1.165) is 34.3 Å². The monoisotopic (exact) mass is 201 g/mol. The number of nitrogens with two attached hydrogens (primary N) is 1. The molecule has 2 nitrogen and oxygen atoms in total. The molecule has 0 aliphatic heterocycles. The van der Waals surface area contributed by atoms with Gasteiger partial charge in [0.05, 0.1) is 0 Å². The summed E-state index contributed by atoms with van der Waals surface area (Å²) in [5, 5.41) is 1.16. The van der Waals surface area contributed by atoms with Crippen LogP contribution in [0, 0.1) is 6.92 Å². The van der Waals surface area contributed by atoms with E-state index in [1.807, 2.05) is 18.2 Å². The predicted molar refractivity (Wildman–Crippen MR) is 63.7 cm³/mol. The van der Waals surface area contributed by atoms with Crippen LogP contribution >= 0.6 is 0 Å². The molecular formula is C13H15NO. The van der Waals surface area contributed by atoms with Gasteiger partial charge in [-0.15, -0.1) is 0 Å². The molecule has 1 aromatic carbocycles. The quantitative estimate of drug-likeness (QED) is 0.828. The Morgan fingerprint density at radius 1 is 1.40 bits per heavy atom. The fraction of sp³-hybridized carbons (Fsp3) is 0.231. The van der Waals surface area contributed by atoms with Gasteiger partial charge in [0.15, 0.2) is 0 Å². The molecule has 2 N–H and O–H groups in total. The van der Waals surface area contributed by atoms with E-state index in [1.165, 1.54) is 0 Å². The molecule has 0 bridgehead atoms. The number of hydrogen-bond donors (Lipinski definition) is 1. The third-order valence-electron chi connectivity index (χ3n) is 2.61. The van der Waals surface area contributed by atoms with Gasteiger partial charge in [-0.1, -0.05) is 24.8 Å². The number of benzene rings is 1. The van der Waals surface area contributed by atoms with E-state index in [9.17, 15) is 0 Å². The van der Waals surface area contributed by atoms with Crippen LogP contribution < -0.4 is 5.73 Å². The minimum absolute atomic E-state index is 0.606. The highest BCUT2D eigenvalue weighted by molar-refractivity contribution is 5.85. The first-order valence-corrected chi connectivity index (χ1v) is 5.10. The summed E-state index contributed by atoms with van der Waals surface area (Å²) in [4.78, 5) is 0. The van der Waals surface area contributed by atoms with Crippen molar-refractivity contribution in [1.29, 1.82) is 0 Å². The second kappa shape index (κ2) is 3.91. The van der Waals surface area contributed by atoms with Crippen molar-refractivity contribution in [2.24, 2.45) is 5.73 Å². The third kappa shape index (κ3) is 1.68. The van der Waals surface area contributed by atoms with Crippen molar-refractivity contribution in [3.8, 4) is 0 Å². The maximum atomic E-state index is 5.76. The smallest absolute Gasteiger partial charge is 0.135 e. The SMILES string of the molecule is C=C(CCN)c1oc2ccccc2c1C. The van der Waals surface area contributed by atoms with E-state index in [4.69, 9.17) is 10.2 Å². The first-order chi connectivity index (χ1) is 7.24. The van der Waals surface area contributed by atoms with Gasteiger partial charge in [-0.3, -0.25) is 0 Å². The molecule has 2 heteroatoms. The Morgan fingerprint density at radius 2 is 2.13 bits per heavy atom. The van der Waals surface area contributed by atoms with Gasteiger partial charge in [0.25, 0.3) is 0 Å². The third-order valence-corrected chi connectivity index (χ3v) is 2.61. The highest BCUT2D eigenvalue weighted by Gasteiger charge is 2.11. The summed E-state index contributed by atoms with van der Waals surface area (Å²) in [7, 11) is 0. The zero-order valence-corrected chi connectivity index (χ0v) is 8.92.